The Hall–Kier alpha value is -2.32. The number of rotatable bonds is 17. The van der Waals surface area contributed by atoms with Gasteiger partial charge >= 0.3 is 12.1 Å². The van der Waals surface area contributed by atoms with Crippen LogP contribution < -0.4 is 4.74 Å². The molecule has 0 bridgehead atoms. The highest BCUT2D eigenvalue weighted by Crippen LogP contribution is 2.15. The van der Waals surface area contributed by atoms with Gasteiger partial charge in [0.1, 0.15) is 18.5 Å². The number of unbranched alkanes of at least 4 members (excludes halogenated alkanes) is 1. The third kappa shape index (κ3) is 11.3. The lowest BCUT2D eigenvalue weighted by Crippen LogP contribution is -2.39. The van der Waals surface area contributed by atoms with Gasteiger partial charge in [-0.2, -0.15) is 0 Å². The average molecular weight is 454 g/mol. The SMILES string of the molecule is CCCCOCCN(CCOc1ccc(CC(OCC)C(=O)O)cc1)C(=O)OC(C)CC. The molecule has 1 rings (SSSR count). The first-order valence-electron chi connectivity index (χ1n) is 11.5. The predicted octanol–water partition coefficient (Wildman–Crippen LogP) is 4.15. The summed E-state index contributed by atoms with van der Waals surface area (Å²) in [5, 5.41) is 9.21. The number of carbonyl (C=O) groups is 2. The summed E-state index contributed by atoms with van der Waals surface area (Å²) in [5.41, 5.74) is 0.848. The van der Waals surface area contributed by atoms with Crippen molar-refractivity contribution in [1.29, 1.82) is 0 Å². The van der Waals surface area contributed by atoms with Crippen molar-refractivity contribution in [2.24, 2.45) is 0 Å². The van der Waals surface area contributed by atoms with Gasteiger partial charge in [-0.1, -0.05) is 32.4 Å². The molecule has 182 valence electrons. The van der Waals surface area contributed by atoms with Gasteiger partial charge in [-0.15, -0.1) is 0 Å². The van der Waals surface area contributed by atoms with Crippen molar-refractivity contribution in [2.75, 3.05) is 39.5 Å². The summed E-state index contributed by atoms with van der Waals surface area (Å²) >= 11 is 0. The molecule has 2 atom stereocenters. The Labute approximate surface area is 191 Å². The molecule has 0 aliphatic heterocycles. The second-order valence-corrected chi connectivity index (χ2v) is 7.53. The number of nitrogens with zero attached hydrogens (tertiary/aromatic N) is 1. The Bertz CT molecular complexity index is 650. The summed E-state index contributed by atoms with van der Waals surface area (Å²) in [7, 11) is 0. The molecule has 0 fully saturated rings. The number of carboxylic acids is 1. The molecule has 0 spiro atoms. The van der Waals surface area contributed by atoms with E-state index in [1.165, 1.54) is 0 Å². The van der Waals surface area contributed by atoms with Gasteiger partial charge in [-0.3, -0.25) is 0 Å². The first-order chi connectivity index (χ1) is 15.4. The highest BCUT2D eigenvalue weighted by molar-refractivity contribution is 5.72. The van der Waals surface area contributed by atoms with E-state index in [0.717, 1.165) is 24.8 Å². The normalized spacial score (nSPS) is 12.8. The number of carbonyl (C=O) groups excluding carboxylic acids is 1. The summed E-state index contributed by atoms with van der Waals surface area (Å²) in [6.07, 6.45) is 1.72. The number of ether oxygens (including phenoxy) is 4. The maximum Gasteiger partial charge on any atom is 0.410 e. The minimum Gasteiger partial charge on any atom is -0.492 e. The Balaban J connectivity index is 2.55. The van der Waals surface area contributed by atoms with Crippen molar-refractivity contribution in [3.8, 4) is 5.75 Å². The minimum atomic E-state index is -0.977. The van der Waals surface area contributed by atoms with Crippen LogP contribution in [0.25, 0.3) is 0 Å². The number of hydrogen-bond acceptors (Lipinski definition) is 6. The van der Waals surface area contributed by atoms with Crippen LogP contribution in [0.4, 0.5) is 4.79 Å². The Morgan fingerprint density at radius 3 is 2.31 bits per heavy atom. The first-order valence-corrected chi connectivity index (χ1v) is 11.5. The van der Waals surface area contributed by atoms with Gasteiger partial charge in [-0.05, 0) is 44.4 Å². The molecule has 0 radical (unpaired) electrons. The van der Waals surface area contributed by atoms with Crippen molar-refractivity contribution in [2.45, 2.75) is 65.6 Å². The molecule has 0 aromatic heterocycles. The molecular formula is C24H39NO7. The maximum atomic E-state index is 12.5. The van der Waals surface area contributed by atoms with Gasteiger partial charge in [0.15, 0.2) is 6.10 Å². The molecule has 8 nitrogen and oxygen atoms in total. The van der Waals surface area contributed by atoms with Gasteiger partial charge in [0.05, 0.1) is 13.2 Å². The van der Waals surface area contributed by atoms with E-state index < -0.39 is 12.1 Å². The fraction of sp³-hybridized carbons (Fsp3) is 0.667. The molecule has 32 heavy (non-hydrogen) atoms. The van der Waals surface area contributed by atoms with E-state index in [1.807, 2.05) is 26.0 Å². The summed E-state index contributed by atoms with van der Waals surface area (Å²) in [4.78, 5) is 25.3. The molecule has 0 heterocycles. The maximum absolute atomic E-state index is 12.5. The molecule has 8 heteroatoms. The molecule has 1 N–H and O–H groups in total. The zero-order valence-electron chi connectivity index (χ0n) is 19.9. The van der Waals surface area contributed by atoms with E-state index in [4.69, 9.17) is 18.9 Å². The van der Waals surface area contributed by atoms with Crippen LogP contribution in [0.15, 0.2) is 24.3 Å². The van der Waals surface area contributed by atoms with E-state index in [9.17, 15) is 14.7 Å². The topological polar surface area (TPSA) is 94.5 Å². The molecule has 2 unspecified atom stereocenters. The van der Waals surface area contributed by atoms with Crippen molar-refractivity contribution in [3.05, 3.63) is 29.8 Å². The van der Waals surface area contributed by atoms with Crippen LogP contribution >= 0.6 is 0 Å². The molecule has 0 aliphatic rings. The fourth-order valence-electron chi connectivity index (χ4n) is 2.78. The number of benzene rings is 1. The highest BCUT2D eigenvalue weighted by atomic mass is 16.6. The zero-order chi connectivity index (χ0) is 23.8. The molecular weight excluding hydrogens is 414 g/mol. The lowest BCUT2D eigenvalue weighted by atomic mass is 10.1. The molecule has 0 aliphatic carbocycles. The van der Waals surface area contributed by atoms with E-state index in [0.29, 0.717) is 45.3 Å². The molecule has 1 aromatic rings. The predicted molar refractivity (Wildman–Crippen MR) is 122 cm³/mol. The molecule has 0 saturated heterocycles. The van der Waals surface area contributed by atoms with Gasteiger partial charge in [0.2, 0.25) is 0 Å². The van der Waals surface area contributed by atoms with Crippen LogP contribution in [-0.2, 0) is 25.4 Å². The summed E-state index contributed by atoms with van der Waals surface area (Å²) in [5.74, 6) is -0.332. The molecule has 0 saturated carbocycles. The molecule has 1 amide bonds. The van der Waals surface area contributed by atoms with Crippen LogP contribution in [0, 0.1) is 0 Å². The summed E-state index contributed by atoms with van der Waals surface area (Å²) < 4.78 is 22.1. The highest BCUT2D eigenvalue weighted by Gasteiger charge is 2.19. The number of amides is 1. The number of aliphatic carboxylic acids is 1. The van der Waals surface area contributed by atoms with Gasteiger partial charge < -0.3 is 29.0 Å². The molecule has 1 aromatic carbocycles. The second-order valence-electron chi connectivity index (χ2n) is 7.53. The zero-order valence-corrected chi connectivity index (χ0v) is 19.9. The fourth-order valence-corrected chi connectivity index (χ4v) is 2.78. The van der Waals surface area contributed by atoms with Gasteiger partial charge in [0, 0.05) is 26.2 Å². The van der Waals surface area contributed by atoms with E-state index in [2.05, 4.69) is 6.92 Å². The second kappa shape index (κ2) is 16.3. The number of hydrogen-bond donors (Lipinski definition) is 1. The first kappa shape index (κ1) is 27.7. The summed E-state index contributed by atoms with van der Waals surface area (Å²) in [6.45, 7) is 10.3. The van der Waals surface area contributed by atoms with Crippen molar-refractivity contribution in [3.63, 3.8) is 0 Å². The minimum absolute atomic E-state index is 0.147. The van der Waals surface area contributed by atoms with Crippen LogP contribution in [-0.4, -0.2) is 73.8 Å². The Morgan fingerprint density at radius 2 is 1.72 bits per heavy atom. The van der Waals surface area contributed by atoms with E-state index >= 15 is 0 Å². The smallest absolute Gasteiger partial charge is 0.410 e. The van der Waals surface area contributed by atoms with Crippen molar-refractivity contribution < 1.29 is 33.6 Å². The Kier molecular flexibility index (Phi) is 14.1. The van der Waals surface area contributed by atoms with Crippen molar-refractivity contribution >= 4 is 12.1 Å². The third-order valence-corrected chi connectivity index (χ3v) is 4.90. The van der Waals surface area contributed by atoms with E-state index in [-0.39, 0.29) is 18.6 Å². The lowest BCUT2D eigenvalue weighted by Gasteiger charge is -2.24. The van der Waals surface area contributed by atoms with Crippen LogP contribution in [0.2, 0.25) is 0 Å². The van der Waals surface area contributed by atoms with Crippen LogP contribution in [0.5, 0.6) is 5.75 Å². The van der Waals surface area contributed by atoms with Crippen LogP contribution in [0.1, 0.15) is 52.5 Å². The van der Waals surface area contributed by atoms with Gasteiger partial charge in [-0.25, -0.2) is 9.59 Å². The number of carboxylic acid groups (broad SMARTS) is 1. The standard InChI is InChI=1S/C24H39NO7/c1-5-8-15-29-16-13-25(24(28)32-19(4)6-2)14-17-31-21-11-9-20(10-12-21)18-22(23(26)27)30-7-3/h9-12,19,22H,5-8,13-18H2,1-4H3,(H,26,27). The van der Waals surface area contributed by atoms with Crippen LogP contribution in [0.3, 0.4) is 0 Å². The Morgan fingerprint density at radius 1 is 1.03 bits per heavy atom. The largest absolute Gasteiger partial charge is 0.492 e. The monoisotopic (exact) mass is 453 g/mol. The quantitative estimate of drug-likeness (QED) is 0.354. The van der Waals surface area contributed by atoms with Gasteiger partial charge in [0.25, 0.3) is 0 Å². The average Bonchev–Trinajstić information content (AvgIpc) is 2.78. The lowest BCUT2D eigenvalue weighted by molar-refractivity contribution is -0.149. The van der Waals surface area contributed by atoms with Crippen molar-refractivity contribution in [1.82, 2.24) is 4.90 Å². The third-order valence-electron chi connectivity index (χ3n) is 4.90. The van der Waals surface area contributed by atoms with E-state index in [1.54, 1.807) is 24.0 Å². The summed E-state index contributed by atoms with van der Waals surface area (Å²) in [6, 6.07) is 7.22.